The largest absolute Gasteiger partial charge is 0.490 e. The molecule has 8 heteroatoms. The highest BCUT2D eigenvalue weighted by molar-refractivity contribution is 6.05. The van der Waals surface area contributed by atoms with E-state index in [4.69, 9.17) is 4.74 Å². The molecule has 0 bridgehead atoms. The van der Waals surface area contributed by atoms with Crippen LogP contribution in [0, 0.1) is 0 Å². The molecule has 5 nitrogen and oxygen atoms in total. The van der Waals surface area contributed by atoms with Gasteiger partial charge in [-0.1, -0.05) is 19.1 Å². The minimum absolute atomic E-state index is 0.186. The minimum Gasteiger partial charge on any atom is -0.490 e. The topological polar surface area (TPSA) is 55.6 Å². The van der Waals surface area contributed by atoms with Gasteiger partial charge in [-0.3, -0.25) is 9.20 Å². The Morgan fingerprint density at radius 3 is 2.59 bits per heavy atom. The lowest BCUT2D eigenvalue weighted by atomic mass is 10.1. The molecule has 1 amide bonds. The van der Waals surface area contributed by atoms with E-state index in [2.05, 4.69) is 10.3 Å². The van der Waals surface area contributed by atoms with Gasteiger partial charge < -0.3 is 10.1 Å². The molecule has 0 spiro atoms. The van der Waals surface area contributed by atoms with Gasteiger partial charge in [0.2, 0.25) is 0 Å². The second-order valence-electron chi connectivity index (χ2n) is 5.76. The van der Waals surface area contributed by atoms with Crippen molar-refractivity contribution >= 4 is 17.2 Å². The summed E-state index contributed by atoms with van der Waals surface area (Å²) in [4.78, 5) is 17.3. The van der Waals surface area contributed by atoms with E-state index >= 15 is 0 Å². The van der Waals surface area contributed by atoms with Gasteiger partial charge in [-0.25, -0.2) is 4.98 Å². The first kappa shape index (κ1) is 18.8. The fourth-order valence-electron chi connectivity index (χ4n) is 2.87. The normalized spacial score (nSPS) is 11.6. The zero-order valence-electron chi connectivity index (χ0n) is 14.8. The number of benzene rings is 1. The summed E-state index contributed by atoms with van der Waals surface area (Å²) in [5.41, 5.74) is -0.0891. The predicted octanol–water partition coefficient (Wildman–Crippen LogP) is 4.57. The lowest BCUT2D eigenvalue weighted by Gasteiger charge is -2.14. The van der Waals surface area contributed by atoms with E-state index in [1.165, 1.54) is 22.6 Å². The maximum atomic E-state index is 13.2. The van der Waals surface area contributed by atoms with Gasteiger partial charge in [0.25, 0.3) is 5.91 Å². The molecule has 3 rings (SSSR count). The molecule has 0 aliphatic carbocycles. The number of hydrogen-bond acceptors (Lipinski definition) is 3. The molecular formula is C19H18F3N3O2. The zero-order valence-corrected chi connectivity index (χ0v) is 14.8. The number of rotatable bonds is 5. The average molecular weight is 377 g/mol. The summed E-state index contributed by atoms with van der Waals surface area (Å²) < 4.78 is 46.6. The number of nitrogens with one attached hydrogen (secondary N) is 1. The van der Waals surface area contributed by atoms with Gasteiger partial charge in [0.05, 0.1) is 23.6 Å². The van der Waals surface area contributed by atoms with Crippen LogP contribution >= 0.6 is 0 Å². The molecule has 27 heavy (non-hydrogen) atoms. The average Bonchev–Trinajstić information content (AvgIpc) is 3.01. The SMILES string of the molecule is CCOc1cccn2c(C(=O)Nc3ccccc3C(F)(F)F)c(CC)nc12. The number of pyridine rings is 1. The first-order valence-corrected chi connectivity index (χ1v) is 8.47. The number of imidazole rings is 1. The summed E-state index contributed by atoms with van der Waals surface area (Å²) in [6.45, 7) is 4.08. The molecule has 0 aliphatic rings. The van der Waals surface area contributed by atoms with Gasteiger partial charge >= 0.3 is 6.18 Å². The Kier molecular flexibility index (Phi) is 5.07. The van der Waals surface area contributed by atoms with Gasteiger partial charge in [-0.05, 0) is 37.6 Å². The molecule has 142 valence electrons. The van der Waals surface area contributed by atoms with Crippen LogP contribution in [-0.2, 0) is 12.6 Å². The van der Waals surface area contributed by atoms with E-state index in [-0.39, 0.29) is 11.4 Å². The molecule has 3 aromatic rings. The van der Waals surface area contributed by atoms with E-state index in [1.54, 1.807) is 18.3 Å². The van der Waals surface area contributed by atoms with Gasteiger partial charge in [0.15, 0.2) is 11.4 Å². The van der Waals surface area contributed by atoms with Crippen LogP contribution < -0.4 is 10.1 Å². The van der Waals surface area contributed by atoms with E-state index in [9.17, 15) is 18.0 Å². The van der Waals surface area contributed by atoms with Gasteiger partial charge in [-0.15, -0.1) is 0 Å². The molecule has 0 radical (unpaired) electrons. The van der Waals surface area contributed by atoms with Crippen LogP contribution in [0.4, 0.5) is 18.9 Å². The lowest BCUT2D eigenvalue weighted by molar-refractivity contribution is -0.136. The quantitative estimate of drug-likeness (QED) is 0.709. The third-order valence-electron chi connectivity index (χ3n) is 4.02. The van der Waals surface area contributed by atoms with E-state index in [0.29, 0.717) is 30.1 Å². The molecule has 2 heterocycles. The van der Waals surface area contributed by atoms with Crippen LogP contribution in [0.5, 0.6) is 5.75 Å². The molecule has 0 aliphatic heterocycles. The van der Waals surface area contributed by atoms with E-state index in [0.717, 1.165) is 6.07 Å². The first-order chi connectivity index (χ1) is 12.9. The number of amides is 1. The highest BCUT2D eigenvalue weighted by Gasteiger charge is 2.34. The minimum atomic E-state index is -4.57. The number of ether oxygens (including phenoxy) is 1. The third kappa shape index (κ3) is 3.60. The van der Waals surface area contributed by atoms with Crippen LogP contribution in [0.2, 0.25) is 0 Å². The maximum Gasteiger partial charge on any atom is 0.418 e. The van der Waals surface area contributed by atoms with Crippen molar-refractivity contribution in [2.45, 2.75) is 26.4 Å². The van der Waals surface area contributed by atoms with Crippen LogP contribution in [0.25, 0.3) is 5.65 Å². The fraction of sp³-hybridized carbons (Fsp3) is 0.263. The zero-order chi connectivity index (χ0) is 19.6. The molecular weight excluding hydrogens is 359 g/mol. The lowest BCUT2D eigenvalue weighted by Crippen LogP contribution is -2.19. The molecule has 0 unspecified atom stereocenters. The summed E-state index contributed by atoms with van der Waals surface area (Å²) >= 11 is 0. The standard InChI is InChI=1S/C19H18F3N3O2/c1-3-13-16(25-11-7-10-15(27-4-2)17(25)23-13)18(26)24-14-9-6-5-8-12(14)19(20,21)22/h5-11H,3-4H2,1-2H3,(H,24,26). The number of aryl methyl sites for hydroxylation is 1. The Morgan fingerprint density at radius 2 is 1.93 bits per heavy atom. The number of aromatic nitrogens is 2. The molecule has 1 N–H and O–H groups in total. The van der Waals surface area contributed by atoms with Crippen molar-refractivity contribution < 1.29 is 22.7 Å². The van der Waals surface area contributed by atoms with Crippen molar-refractivity contribution in [1.29, 1.82) is 0 Å². The fourth-order valence-corrected chi connectivity index (χ4v) is 2.87. The monoisotopic (exact) mass is 377 g/mol. The Labute approximate surface area is 153 Å². The van der Waals surface area contributed by atoms with E-state index < -0.39 is 17.6 Å². The maximum absolute atomic E-state index is 13.2. The van der Waals surface area contributed by atoms with Crippen molar-refractivity contribution in [3.63, 3.8) is 0 Å². The second kappa shape index (κ2) is 7.30. The number of alkyl halides is 3. The van der Waals surface area contributed by atoms with Crippen molar-refractivity contribution in [2.24, 2.45) is 0 Å². The number of carbonyl (C=O) groups is 1. The molecule has 0 saturated heterocycles. The first-order valence-electron chi connectivity index (χ1n) is 8.47. The number of carbonyl (C=O) groups excluding carboxylic acids is 1. The van der Waals surface area contributed by atoms with Crippen molar-refractivity contribution in [3.05, 3.63) is 59.5 Å². The summed E-state index contributed by atoms with van der Waals surface area (Å²) in [6, 6.07) is 8.29. The summed E-state index contributed by atoms with van der Waals surface area (Å²) in [5, 5.41) is 2.38. The van der Waals surface area contributed by atoms with Crippen LogP contribution in [0.15, 0.2) is 42.6 Å². The van der Waals surface area contributed by atoms with Gasteiger partial charge in [-0.2, -0.15) is 13.2 Å². The molecule has 0 fully saturated rings. The highest BCUT2D eigenvalue weighted by atomic mass is 19.4. The third-order valence-corrected chi connectivity index (χ3v) is 4.02. The molecule has 0 saturated carbocycles. The number of para-hydroxylation sites is 1. The van der Waals surface area contributed by atoms with Crippen LogP contribution in [-0.4, -0.2) is 21.9 Å². The predicted molar refractivity (Wildman–Crippen MR) is 95.1 cm³/mol. The van der Waals surface area contributed by atoms with Crippen molar-refractivity contribution in [2.75, 3.05) is 11.9 Å². The Bertz CT molecular complexity index is 980. The number of nitrogens with zero attached hydrogens (tertiary/aromatic N) is 2. The molecule has 1 aromatic carbocycles. The van der Waals surface area contributed by atoms with Gasteiger partial charge in [0.1, 0.15) is 5.69 Å². The number of halogens is 3. The molecule has 0 atom stereocenters. The Hall–Kier alpha value is -3.03. The van der Waals surface area contributed by atoms with Crippen LogP contribution in [0.1, 0.15) is 35.6 Å². The Morgan fingerprint density at radius 1 is 1.19 bits per heavy atom. The highest BCUT2D eigenvalue weighted by Crippen LogP contribution is 2.35. The second-order valence-corrected chi connectivity index (χ2v) is 5.76. The van der Waals surface area contributed by atoms with Crippen molar-refractivity contribution in [3.8, 4) is 5.75 Å². The number of anilines is 1. The van der Waals surface area contributed by atoms with Gasteiger partial charge in [0, 0.05) is 6.20 Å². The van der Waals surface area contributed by atoms with E-state index in [1.807, 2.05) is 13.8 Å². The summed E-state index contributed by atoms with van der Waals surface area (Å²) in [7, 11) is 0. The molecule has 2 aromatic heterocycles. The summed E-state index contributed by atoms with van der Waals surface area (Å²) in [6.07, 6.45) is -2.50. The number of fused-ring (bicyclic) bond motifs is 1. The summed E-state index contributed by atoms with van der Waals surface area (Å²) in [5.74, 6) is -0.158. The smallest absolute Gasteiger partial charge is 0.418 e. The number of hydrogen-bond donors (Lipinski definition) is 1. The van der Waals surface area contributed by atoms with Crippen molar-refractivity contribution in [1.82, 2.24) is 9.38 Å². The van der Waals surface area contributed by atoms with Crippen LogP contribution in [0.3, 0.4) is 0 Å². The Balaban J connectivity index is 2.06.